The number of hydrogen-bond donors (Lipinski definition) is 1. The molecule has 0 bridgehead atoms. The summed E-state index contributed by atoms with van der Waals surface area (Å²) < 4.78 is 0.424. The fraction of sp³-hybridized carbons (Fsp3) is 0.111. The Bertz CT molecular complexity index is 371. The van der Waals surface area contributed by atoms with Crippen LogP contribution in [-0.4, -0.2) is 16.9 Å². The van der Waals surface area contributed by atoms with Crippen molar-refractivity contribution in [2.75, 3.05) is 0 Å². The average Bonchev–Trinajstić information content (AvgIpc) is 2.03. The van der Waals surface area contributed by atoms with E-state index in [0.29, 0.717) is 10.0 Å². The van der Waals surface area contributed by atoms with Gasteiger partial charge in [0, 0.05) is 10.0 Å². The predicted octanol–water partition coefficient (Wildman–Crippen LogP) is 2.35. The van der Waals surface area contributed by atoms with Crippen LogP contribution in [0.3, 0.4) is 0 Å². The minimum atomic E-state index is -1.01. The summed E-state index contributed by atoms with van der Waals surface area (Å²) in [6, 6.07) is 4.41. The van der Waals surface area contributed by atoms with E-state index in [0.717, 1.165) is 0 Å². The van der Waals surface area contributed by atoms with Crippen LogP contribution in [0.15, 0.2) is 22.7 Å². The smallest absolute Gasteiger partial charge is 0.336 e. The highest BCUT2D eigenvalue weighted by Crippen LogP contribution is 2.18. The van der Waals surface area contributed by atoms with Crippen LogP contribution in [0.25, 0.3) is 0 Å². The SMILES string of the molecule is CC(=O)c1ccc(C(=O)O)c(Br)c1. The summed E-state index contributed by atoms with van der Waals surface area (Å²) in [5.74, 6) is -1.10. The van der Waals surface area contributed by atoms with Gasteiger partial charge in [0.15, 0.2) is 5.78 Å². The highest BCUT2D eigenvalue weighted by atomic mass is 79.9. The molecule has 1 aromatic carbocycles. The van der Waals surface area contributed by atoms with Gasteiger partial charge in [0.05, 0.1) is 5.56 Å². The minimum absolute atomic E-state index is 0.0855. The summed E-state index contributed by atoms with van der Waals surface area (Å²) >= 11 is 3.08. The molecular formula is C9H7BrO3. The first-order chi connectivity index (χ1) is 6.02. The van der Waals surface area contributed by atoms with Crippen molar-refractivity contribution in [3.63, 3.8) is 0 Å². The molecule has 4 heteroatoms. The number of hydrogen-bond acceptors (Lipinski definition) is 2. The average molecular weight is 243 g/mol. The van der Waals surface area contributed by atoms with E-state index in [4.69, 9.17) is 5.11 Å². The number of ketones is 1. The summed E-state index contributed by atoms with van der Waals surface area (Å²) in [5, 5.41) is 8.68. The fourth-order valence-corrected chi connectivity index (χ4v) is 1.46. The molecule has 0 saturated heterocycles. The number of rotatable bonds is 2. The number of carboxylic acids is 1. The van der Waals surface area contributed by atoms with Crippen molar-refractivity contribution in [2.45, 2.75) is 6.92 Å². The largest absolute Gasteiger partial charge is 0.478 e. The Morgan fingerprint density at radius 1 is 1.38 bits per heavy atom. The van der Waals surface area contributed by atoms with E-state index < -0.39 is 5.97 Å². The number of halogens is 1. The Morgan fingerprint density at radius 3 is 2.38 bits per heavy atom. The van der Waals surface area contributed by atoms with Crippen LogP contribution in [0.5, 0.6) is 0 Å². The second-order valence-electron chi connectivity index (χ2n) is 2.56. The van der Waals surface area contributed by atoms with E-state index in [1.165, 1.54) is 25.1 Å². The third kappa shape index (κ3) is 2.15. The van der Waals surface area contributed by atoms with Gasteiger partial charge in [0.2, 0.25) is 0 Å². The third-order valence-corrected chi connectivity index (χ3v) is 2.26. The molecule has 0 aromatic heterocycles. The Kier molecular flexibility index (Phi) is 2.83. The van der Waals surface area contributed by atoms with Gasteiger partial charge in [0.25, 0.3) is 0 Å². The monoisotopic (exact) mass is 242 g/mol. The predicted molar refractivity (Wildman–Crippen MR) is 51.1 cm³/mol. The van der Waals surface area contributed by atoms with Crippen LogP contribution in [-0.2, 0) is 0 Å². The first-order valence-electron chi connectivity index (χ1n) is 3.56. The minimum Gasteiger partial charge on any atom is -0.478 e. The van der Waals surface area contributed by atoms with Gasteiger partial charge >= 0.3 is 5.97 Å². The molecule has 68 valence electrons. The number of Topliss-reactive ketones (excluding diaryl/α,β-unsaturated/α-hetero) is 1. The number of aromatic carboxylic acids is 1. The Hall–Kier alpha value is -1.16. The van der Waals surface area contributed by atoms with Gasteiger partial charge in [-0.05, 0) is 35.0 Å². The van der Waals surface area contributed by atoms with Crippen molar-refractivity contribution in [3.8, 4) is 0 Å². The quantitative estimate of drug-likeness (QED) is 0.811. The van der Waals surface area contributed by atoms with Gasteiger partial charge in [-0.3, -0.25) is 4.79 Å². The fourth-order valence-electron chi connectivity index (χ4n) is 0.908. The third-order valence-electron chi connectivity index (χ3n) is 1.61. The van der Waals surface area contributed by atoms with Crippen molar-refractivity contribution in [1.82, 2.24) is 0 Å². The highest BCUT2D eigenvalue weighted by molar-refractivity contribution is 9.10. The van der Waals surface area contributed by atoms with Crippen LogP contribution in [0, 0.1) is 0 Å². The summed E-state index contributed by atoms with van der Waals surface area (Å²) in [4.78, 5) is 21.5. The molecule has 13 heavy (non-hydrogen) atoms. The maximum atomic E-state index is 10.9. The molecule has 0 aliphatic heterocycles. The van der Waals surface area contributed by atoms with Crippen LogP contribution in [0.4, 0.5) is 0 Å². The molecule has 3 nitrogen and oxygen atoms in total. The molecule has 1 rings (SSSR count). The second-order valence-corrected chi connectivity index (χ2v) is 3.41. The number of carbonyl (C=O) groups excluding carboxylic acids is 1. The van der Waals surface area contributed by atoms with Gasteiger partial charge in [0.1, 0.15) is 0 Å². The molecule has 0 radical (unpaired) electrons. The first kappa shape index (κ1) is 9.92. The topological polar surface area (TPSA) is 54.4 Å². The summed E-state index contributed by atoms with van der Waals surface area (Å²) in [6.45, 7) is 1.43. The summed E-state index contributed by atoms with van der Waals surface area (Å²) in [6.07, 6.45) is 0. The van der Waals surface area contributed by atoms with E-state index >= 15 is 0 Å². The maximum Gasteiger partial charge on any atom is 0.336 e. The maximum absolute atomic E-state index is 10.9. The normalized spacial score (nSPS) is 9.69. The lowest BCUT2D eigenvalue weighted by Crippen LogP contribution is -2.00. The van der Waals surface area contributed by atoms with E-state index in [9.17, 15) is 9.59 Å². The summed E-state index contributed by atoms with van der Waals surface area (Å²) in [5.41, 5.74) is 0.655. The highest BCUT2D eigenvalue weighted by Gasteiger charge is 2.09. The van der Waals surface area contributed by atoms with Gasteiger partial charge in [-0.2, -0.15) is 0 Å². The number of carbonyl (C=O) groups is 2. The zero-order valence-corrected chi connectivity index (χ0v) is 8.46. The standard InChI is InChI=1S/C9H7BrO3/c1-5(11)6-2-3-7(9(12)13)8(10)4-6/h2-4H,1H3,(H,12,13). The van der Waals surface area contributed by atoms with Crippen molar-refractivity contribution in [3.05, 3.63) is 33.8 Å². The molecule has 0 aliphatic carbocycles. The van der Waals surface area contributed by atoms with Crippen molar-refractivity contribution in [2.24, 2.45) is 0 Å². The molecule has 0 heterocycles. The Labute approximate surface area is 83.5 Å². The van der Waals surface area contributed by atoms with Crippen LogP contribution in [0.1, 0.15) is 27.6 Å². The second kappa shape index (κ2) is 3.70. The van der Waals surface area contributed by atoms with Crippen molar-refractivity contribution >= 4 is 27.7 Å². The van der Waals surface area contributed by atoms with Crippen LogP contribution >= 0.6 is 15.9 Å². The Morgan fingerprint density at radius 2 is 2.00 bits per heavy atom. The van der Waals surface area contributed by atoms with Crippen molar-refractivity contribution in [1.29, 1.82) is 0 Å². The van der Waals surface area contributed by atoms with Gasteiger partial charge in [-0.25, -0.2) is 4.79 Å². The molecule has 0 atom stereocenters. The van der Waals surface area contributed by atoms with Crippen LogP contribution < -0.4 is 0 Å². The van der Waals surface area contributed by atoms with Gasteiger partial charge < -0.3 is 5.11 Å². The first-order valence-corrected chi connectivity index (χ1v) is 4.35. The molecule has 0 amide bonds. The van der Waals surface area contributed by atoms with Crippen molar-refractivity contribution < 1.29 is 14.7 Å². The molecule has 0 spiro atoms. The molecule has 1 N–H and O–H groups in total. The number of benzene rings is 1. The lowest BCUT2D eigenvalue weighted by molar-refractivity contribution is 0.0695. The van der Waals surface area contributed by atoms with Gasteiger partial charge in [-0.1, -0.05) is 6.07 Å². The lowest BCUT2D eigenvalue weighted by atomic mass is 10.1. The van der Waals surface area contributed by atoms with E-state index in [-0.39, 0.29) is 11.3 Å². The zero-order chi connectivity index (χ0) is 10.0. The molecule has 0 unspecified atom stereocenters. The van der Waals surface area contributed by atoms with Crippen LogP contribution in [0.2, 0.25) is 0 Å². The molecule has 0 saturated carbocycles. The lowest BCUT2D eigenvalue weighted by Gasteiger charge is -2.00. The summed E-state index contributed by atoms with van der Waals surface area (Å²) in [7, 11) is 0. The molecular weight excluding hydrogens is 236 g/mol. The Balaban J connectivity index is 3.20. The van der Waals surface area contributed by atoms with Gasteiger partial charge in [-0.15, -0.1) is 0 Å². The number of carboxylic acid groups (broad SMARTS) is 1. The van der Waals surface area contributed by atoms with E-state index in [2.05, 4.69) is 15.9 Å². The zero-order valence-electron chi connectivity index (χ0n) is 6.87. The molecule has 0 aliphatic rings. The van der Waals surface area contributed by atoms with E-state index in [1.807, 2.05) is 0 Å². The van der Waals surface area contributed by atoms with E-state index in [1.54, 1.807) is 0 Å². The molecule has 1 aromatic rings. The molecule has 0 fully saturated rings.